The van der Waals surface area contributed by atoms with Gasteiger partial charge in [-0.15, -0.1) is 0 Å². The van der Waals surface area contributed by atoms with E-state index in [2.05, 4.69) is 37.5 Å². The van der Waals surface area contributed by atoms with Crippen LogP contribution < -0.4 is 4.74 Å². The number of benzene rings is 1. The van der Waals surface area contributed by atoms with Crippen molar-refractivity contribution in [2.24, 2.45) is 0 Å². The minimum absolute atomic E-state index is 0.242. The van der Waals surface area contributed by atoms with Crippen molar-refractivity contribution in [1.82, 2.24) is 14.7 Å². The third-order valence-corrected chi connectivity index (χ3v) is 4.64. The Hall–Kier alpha value is -1.59. The van der Waals surface area contributed by atoms with Crippen LogP contribution in [0.4, 0.5) is 0 Å². The third-order valence-electron chi connectivity index (χ3n) is 4.64. The molecular weight excluding hydrogens is 314 g/mol. The molecule has 1 saturated heterocycles. The van der Waals surface area contributed by atoms with E-state index in [4.69, 9.17) is 4.74 Å². The fourth-order valence-electron chi connectivity index (χ4n) is 3.43. The summed E-state index contributed by atoms with van der Waals surface area (Å²) in [7, 11) is 0. The molecule has 2 rings (SSSR count). The highest BCUT2D eigenvalue weighted by molar-refractivity contribution is 5.78. The molecular formula is C20H33N3O2. The molecule has 1 heterocycles. The van der Waals surface area contributed by atoms with Crippen LogP contribution in [0, 0.1) is 0 Å². The van der Waals surface area contributed by atoms with Gasteiger partial charge in [-0.3, -0.25) is 14.6 Å². The first-order valence-electron chi connectivity index (χ1n) is 9.41. The Morgan fingerprint density at radius 1 is 1.00 bits per heavy atom. The standard InChI is InChI=1S/C20H33N3O2/c1-17(2)23(18(3)4)20(24)16-22-12-10-21(11-13-22)14-15-25-19-8-6-5-7-9-19/h5-9,17-18H,10-16H2,1-4H3. The lowest BCUT2D eigenvalue weighted by atomic mass is 10.2. The van der Waals surface area contributed by atoms with E-state index < -0.39 is 0 Å². The van der Waals surface area contributed by atoms with Crippen LogP contribution in [0.25, 0.3) is 0 Å². The summed E-state index contributed by atoms with van der Waals surface area (Å²) in [4.78, 5) is 19.2. The zero-order valence-corrected chi connectivity index (χ0v) is 16.1. The van der Waals surface area contributed by atoms with Crippen LogP contribution in [0.15, 0.2) is 30.3 Å². The van der Waals surface area contributed by atoms with E-state index in [0.29, 0.717) is 13.2 Å². The van der Waals surface area contributed by atoms with Crippen LogP contribution in [0.5, 0.6) is 5.75 Å². The van der Waals surface area contributed by atoms with Crippen molar-refractivity contribution >= 4 is 5.91 Å². The monoisotopic (exact) mass is 347 g/mol. The molecule has 1 aromatic rings. The average molecular weight is 348 g/mol. The first-order chi connectivity index (χ1) is 12.0. The number of para-hydroxylation sites is 1. The van der Waals surface area contributed by atoms with E-state index in [1.807, 2.05) is 35.2 Å². The minimum Gasteiger partial charge on any atom is -0.492 e. The van der Waals surface area contributed by atoms with E-state index in [1.165, 1.54) is 0 Å². The van der Waals surface area contributed by atoms with Crippen molar-refractivity contribution in [3.05, 3.63) is 30.3 Å². The second-order valence-corrected chi connectivity index (χ2v) is 7.27. The van der Waals surface area contributed by atoms with Crippen LogP contribution in [-0.2, 0) is 4.79 Å². The molecule has 1 aliphatic rings. The Labute approximate surface area is 152 Å². The number of hydrogen-bond donors (Lipinski definition) is 0. The maximum atomic E-state index is 12.6. The second-order valence-electron chi connectivity index (χ2n) is 7.27. The number of amides is 1. The molecule has 0 atom stereocenters. The van der Waals surface area contributed by atoms with Gasteiger partial charge in [0.25, 0.3) is 0 Å². The Kier molecular flexibility index (Phi) is 7.72. The normalized spacial score (nSPS) is 16.4. The predicted molar refractivity (Wildman–Crippen MR) is 102 cm³/mol. The molecule has 1 aliphatic heterocycles. The molecule has 0 bridgehead atoms. The van der Waals surface area contributed by atoms with Crippen LogP contribution in [0.3, 0.4) is 0 Å². The molecule has 5 nitrogen and oxygen atoms in total. The molecule has 0 spiro atoms. The number of ether oxygens (including phenoxy) is 1. The molecule has 0 radical (unpaired) electrons. The molecule has 25 heavy (non-hydrogen) atoms. The molecule has 1 aromatic carbocycles. The second kappa shape index (κ2) is 9.78. The van der Waals surface area contributed by atoms with Crippen molar-refractivity contribution in [2.75, 3.05) is 45.9 Å². The van der Waals surface area contributed by atoms with Gasteiger partial charge < -0.3 is 9.64 Å². The highest BCUT2D eigenvalue weighted by atomic mass is 16.5. The van der Waals surface area contributed by atoms with Crippen molar-refractivity contribution in [2.45, 2.75) is 39.8 Å². The molecule has 0 N–H and O–H groups in total. The number of hydrogen-bond acceptors (Lipinski definition) is 4. The van der Waals surface area contributed by atoms with Gasteiger partial charge in [0.15, 0.2) is 0 Å². The van der Waals surface area contributed by atoms with Gasteiger partial charge in [-0.05, 0) is 39.8 Å². The lowest BCUT2D eigenvalue weighted by molar-refractivity contribution is -0.136. The van der Waals surface area contributed by atoms with E-state index in [-0.39, 0.29) is 18.0 Å². The first kappa shape index (κ1) is 19.7. The number of piperazine rings is 1. The fraction of sp³-hybridized carbons (Fsp3) is 0.650. The summed E-state index contributed by atoms with van der Waals surface area (Å²) < 4.78 is 5.77. The highest BCUT2D eigenvalue weighted by Gasteiger charge is 2.24. The molecule has 0 saturated carbocycles. The lowest BCUT2D eigenvalue weighted by Gasteiger charge is -2.37. The molecule has 140 valence electrons. The largest absolute Gasteiger partial charge is 0.492 e. The van der Waals surface area contributed by atoms with E-state index >= 15 is 0 Å². The highest BCUT2D eigenvalue weighted by Crippen LogP contribution is 2.10. The maximum Gasteiger partial charge on any atom is 0.237 e. The average Bonchev–Trinajstić information content (AvgIpc) is 2.56. The van der Waals surface area contributed by atoms with E-state index in [1.54, 1.807) is 0 Å². The quantitative estimate of drug-likeness (QED) is 0.723. The van der Waals surface area contributed by atoms with Gasteiger partial charge in [0, 0.05) is 44.8 Å². The van der Waals surface area contributed by atoms with Gasteiger partial charge >= 0.3 is 0 Å². The van der Waals surface area contributed by atoms with E-state index in [0.717, 1.165) is 38.5 Å². The van der Waals surface area contributed by atoms with Gasteiger partial charge in [-0.2, -0.15) is 0 Å². The fourth-order valence-corrected chi connectivity index (χ4v) is 3.43. The molecule has 5 heteroatoms. The van der Waals surface area contributed by atoms with Crippen molar-refractivity contribution in [3.63, 3.8) is 0 Å². The summed E-state index contributed by atoms with van der Waals surface area (Å²) in [6, 6.07) is 10.4. The molecule has 0 unspecified atom stereocenters. The van der Waals surface area contributed by atoms with Gasteiger partial charge in [-0.1, -0.05) is 18.2 Å². The summed E-state index contributed by atoms with van der Waals surface area (Å²) in [5, 5.41) is 0. The van der Waals surface area contributed by atoms with Gasteiger partial charge in [0.1, 0.15) is 12.4 Å². The summed E-state index contributed by atoms with van der Waals surface area (Å²) >= 11 is 0. The SMILES string of the molecule is CC(C)N(C(=O)CN1CCN(CCOc2ccccc2)CC1)C(C)C. The topological polar surface area (TPSA) is 36.0 Å². The molecule has 0 aliphatic carbocycles. The van der Waals surface area contributed by atoms with Gasteiger partial charge in [-0.25, -0.2) is 0 Å². The van der Waals surface area contributed by atoms with Crippen molar-refractivity contribution in [1.29, 1.82) is 0 Å². The minimum atomic E-state index is 0.242. The van der Waals surface area contributed by atoms with Gasteiger partial charge in [0.2, 0.25) is 5.91 Å². The van der Waals surface area contributed by atoms with Crippen LogP contribution in [0.1, 0.15) is 27.7 Å². The number of carbonyl (C=O) groups excluding carboxylic acids is 1. The Morgan fingerprint density at radius 3 is 2.12 bits per heavy atom. The first-order valence-corrected chi connectivity index (χ1v) is 9.41. The summed E-state index contributed by atoms with van der Waals surface area (Å²) in [6.07, 6.45) is 0. The summed E-state index contributed by atoms with van der Waals surface area (Å²) in [5.41, 5.74) is 0. The van der Waals surface area contributed by atoms with Crippen LogP contribution in [-0.4, -0.2) is 78.6 Å². The molecule has 1 amide bonds. The molecule has 1 fully saturated rings. The number of nitrogens with zero attached hydrogens (tertiary/aromatic N) is 3. The summed E-state index contributed by atoms with van der Waals surface area (Å²) in [5.74, 6) is 1.17. The van der Waals surface area contributed by atoms with Crippen molar-refractivity contribution < 1.29 is 9.53 Å². The Balaban J connectivity index is 1.68. The number of rotatable bonds is 8. The summed E-state index contributed by atoms with van der Waals surface area (Å²) in [6.45, 7) is 14.4. The zero-order chi connectivity index (χ0) is 18.2. The zero-order valence-electron chi connectivity index (χ0n) is 16.1. The predicted octanol–water partition coefficient (Wildman–Crippen LogP) is 2.33. The Bertz CT molecular complexity index is 503. The van der Waals surface area contributed by atoms with Crippen LogP contribution in [0.2, 0.25) is 0 Å². The lowest BCUT2D eigenvalue weighted by Crippen LogP contribution is -2.52. The third kappa shape index (κ3) is 6.33. The smallest absolute Gasteiger partial charge is 0.237 e. The maximum absolute atomic E-state index is 12.6. The van der Waals surface area contributed by atoms with Gasteiger partial charge in [0.05, 0.1) is 6.54 Å². The Morgan fingerprint density at radius 2 is 1.56 bits per heavy atom. The van der Waals surface area contributed by atoms with Crippen molar-refractivity contribution in [3.8, 4) is 5.75 Å². The van der Waals surface area contributed by atoms with Crippen LogP contribution >= 0.6 is 0 Å². The number of carbonyl (C=O) groups is 1. The van der Waals surface area contributed by atoms with E-state index in [9.17, 15) is 4.79 Å². The molecule has 0 aromatic heterocycles.